The summed E-state index contributed by atoms with van der Waals surface area (Å²) in [5, 5.41) is 0. The fourth-order valence-electron chi connectivity index (χ4n) is 3.32. The van der Waals surface area contributed by atoms with Gasteiger partial charge in [0.2, 0.25) is 0 Å². The van der Waals surface area contributed by atoms with E-state index >= 15 is 0 Å². The van der Waals surface area contributed by atoms with E-state index in [1.54, 1.807) is 4.90 Å². The fraction of sp³-hybridized carbons (Fsp3) is 0.632. The molecule has 1 atom stereocenters. The lowest BCUT2D eigenvalue weighted by Crippen LogP contribution is -2.45. The highest BCUT2D eigenvalue weighted by Gasteiger charge is 2.42. The zero-order valence-electron chi connectivity index (χ0n) is 15.2. The topological polar surface area (TPSA) is 63.7 Å². The number of ether oxygens (including phenoxy) is 1. The molecule has 2 aliphatic rings. The van der Waals surface area contributed by atoms with Crippen LogP contribution in [0.3, 0.4) is 0 Å². The van der Waals surface area contributed by atoms with Crippen molar-refractivity contribution in [1.82, 2.24) is 4.90 Å². The Morgan fingerprint density at radius 1 is 1.12 bits per heavy atom. The van der Waals surface area contributed by atoms with Crippen LogP contribution < -0.4 is 4.74 Å². The second-order valence-electron chi connectivity index (χ2n) is 8.15. The molecule has 138 valence electrons. The molecule has 0 bridgehead atoms. The van der Waals surface area contributed by atoms with Crippen LogP contribution in [0.5, 0.6) is 5.75 Å². The molecule has 1 aromatic rings. The molecule has 0 spiro atoms. The minimum atomic E-state index is -3.00. The standard InChI is InChI=1S/C19H27NO4S/c1-19(2,3)14-4-8-17(9-5-14)24-12-18(21)20(15-6-7-15)16-10-11-25(22,23)13-16/h4-5,8-9,15-16H,6-7,10-13H2,1-3H3/t16-/m1/s1. The highest BCUT2D eigenvalue weighted by molar-refractivity contribution is 7.91. The van der Waals surface area contributed by atoms with Gasteiger partial charge in [-0.25, -0.2) is 8.42 Å². The minimum Gasteiger partial charge on any atom is -0.484 e. The Hall–Kier alpha value is -1.56. The average Bonchev–Trinajstić information content (AvgIpc) is 3.28. The Morgan fingerprint density at radius 3 is 2.24 bits per heavy atom. The normalized spacial score (nSPS) is 22.6. The maximum absolute atomic E-state index is 12.6. The first-order valence-electron chi connectivity index (χ1n) is 8.91. The molecule has 1 saturated carbocycles. The van der Waals surface area contributed by atoms with Crippen LogP contribution in [-0.2, 0) is 20.0 Å². The van der Waals surface area contributed by atoms with Gasteiger partial charge in [-0.15, -0.1) is 0 Å². The van der Waals surface area contributed by atoms with Gasteiger partial charge >= 0.3 is 0 Å². The predicted octanol–water partition coefficient (Wildman–Crippen LogP) is 2.54. The first-order valence-corrected chi connectivity index (χ1v) is 10.7. The first kappa shape index (κ1) is 18.2. The number of hydrogen-bond acceptors (Lipinski definition) is 4. The van der Waals surface area contributed by atoms with E-state index in [0.717, 1.165) is 12.8 Å². The molecule has 1 aliphatic heterocycles. The van der Waals surface area contributed by atoms with E-state index in [-0.39, 0.29) is 41.5 Å². The quantitative estimate of drug-likeness (QED) is 0.804. The van der Waals surface area contributed by atoms with Gasteiger partial charge in [-0.2, -0.15) is 0 Å². The number of hydrogen-bond donors (Lipinski definition) is 0. The summed E-state index contributed by atoms with van der Waals surface area (Å²) in [6, 6.07) is 7.81. The Balaban J connectivity index is 1.61. The summed E-state index contributed by atoms with van der Waals surface area (Å²) in [5.41, 5.74) is 1.28. The van der Waals surface area contributed by atoms with E-state index in [1.165, 1.54) is 5.56 Å². The second kappa shape index (κ2) is 6.63. The van der Waals surface area contributed by atoms with Crippen molar-refractivity contribution in [3.63, 3.8) is 0 Å². The third-order valence-electron chi connectivity index (χ3n) is 4.91. The summed E-state index contributed by atoms with van der Waals surface area (Å²) in [7, 11) is -3.00. The Kier molecular flexibility index (Phi) is 4.84. The first-order chi connectivity index (χ1) is 11.7. The summed E-state index contributed by atoms with van der Waals surface area (Å²) in [6.45, 7) is 6.41. The van der Waals surface area contributed by atoms with E-state index in [2.05, 4.69) is 20.8 Å². The number of benzene rings is 1. The maximum Gasteiger partial charge on any atom is 0.261 e. The minimum absolute atomic E-state index is 0.0398. The molecule has 0 radical (unpaired) electrons. The predicted molar refractivity (Wildman–Crippen MR) is 97.6 cm³/mol. The molecule has 1 amide bonds. The maximum atomic E-state index is 12.6. The summed E-state index contributed by atoms with van der Waals surface area (Å²) in [5.74, 6) is 0.833. The zero-order valence-corrected chi connectivity index (χ0v) is 16.0. The van der Waals surface area contributed by atoms with Crippen LogP contribution in [0.25, 0.3) is 0 Å². The third kappa shape index (κ3) is 4.54. The van der Waals surface area contributed by atoms with Gasteiger partial charge in [0.1, 0.15) is 5.75 Å². The number of sulfone groups is 1. The van der Waals surface area contributed by atoms with Gasteiger partial charge in [0, 0.05) is 12.1 Å². The molecule has 1 aromatic carbocycles. The molecule has 2 fully saturated rings. The summed E-state index contributed by atoms with van der Waals surface area (Å²) >= 11 is 0. The van der Waals surface area contributed by atoms with Crippen LogP contribution in [0.15, 0.2) is 24.3 Å². The largest absolute Gasteiger partial charge is 0.484 e. The molecule has 6 heteroatoms. The van der Waals surface area contributed by atoms with Crippen molar-refractivity contribution in [2.75, 3.05) is 18.1 Å². The number of rotatable bonds is 5. The highest BCUT2D eigenvalue weighted by atomic mass is 32.2. The fourth-order valence-corrected chi connectivity index (χ4v) is 5.04. The van der Waals surface area contributed by atoms with Gasteiger partial charge < -0.3 is 9.64 Å². The van der Waals surface area contributed by atoms with Gasteiger partial charge in [-0.1, -0.05) is 32.9 Å². The third-order valence-corrected chi connectivity index (χ3v) is 6.66. The second-order valence-corrected chi connectivity index (χ2v) is 10.4. The molecule has 3 rings (SSSR count). The van der Waals surface area contributed by atoms with Crippen LogP contribution in [-0.4, -0.2) is 49.4 Å². The Labute approximate surface area is 150 Å². The van der Waals surface area contributed by atoms with Gasteiger partial charge in [0.05, 0.1) is 11.5 Å². The highest BCUT2D eigenvalue weighted by Crippen LogP contribution is 2.32. The van der Waals surface area contributed by atoms with Crippen LogP contribution >= 0.6 is 0 Å². The van der Waals surface area contributed by atoms with E-state index in [4.69, 9.17) is 4.74 Å². The SMILES string of the molecule is CC(C)(C)c1ccc(OCC(=O)N(C2CC2)[C@@H]2CCS(=O)(=O)C2)cc1. The molecular weight excluding hydrogens is 338 g/mol. The van der Waals surface area contributed by atoms with Gasteiger partial charge in [0.15, 0.2) is 16.4 Å². The van der Waals surface area contributed by atoms with Crippen LogP contribution in [0, 0.1) is 0 Å². The van der Waals surface area contributed by atoms with Gasteiger partial charge in [0.25, 0.3) is 5.91 Å². The lowest BCUT2D eigenvalue weighted by atomic mass is 9.87. The number of nitrogens with zero attached hydrogens (tertiary/aromatic N) is 1. The Morgan fingerprint density at radius 2 is 1.76 bits per heavy atom. The van der Waals surface area contributed by atoms with Crippen molar-refractivity contribution in [2.45, 2.75) is 57.5 Å². The number of carbonyl (C=O) groups is 1. The Bertz CT molecular complexity index is 730. The van der Waals surface area contributed by atoms with Crippen LogP contribution in [0.1, 0.15) is 45.6 Å². The summed E-state index contributed by atoms with van der Waals surface area (Å²) in [6.07, 6.45) is 2.47. The monoisotopic (exact) mass is 365 g/mol. The van der Waals surface area contributed by atoms with E-state index in [9.17, 15) is 13.2 Å². The van der Waals surface area contributed by atoms with Gasteiger partial charge in [-0.05, 0) is 42.4 Å². The number of amides is 1. The van der Waals surface area contributed by atoms with E-state index in [1.807, 2.05) is 24.3 Å². The summed E-state index contributed by atoms with van der Waals surface area (Å²) in [4.78, 5) is 14.4. The smallest absolute Gasteiger partial charge is 0.261 e. The zero-order chi connectivity index (χ0) is 18.2. The molecular formula is C19H27NO4S. The van der Waals surface area contributed by atoms with Crippen molar-refractivity contribution >= 4 is 15.7 Å². The summed E-state index contributed by atoms with van der Waals surface area (Å²) < 4.78 is 29.1. The molecule has 1 heterocycles. The lowest BCUT2D eigenvalue weighted by molar-refractivity contribution is -0.135. The molecule has 0 aromatic heterocycles. The van der Waals surface area contributed by atoms with Crippen LogP contribution in [0.2, 0.25) is 0 Å². The van der Waals surface area contributed by atoms with Crippen molar-refractivity contribution in [3.05, 3.63) is 29.8 Å². The molecule has 0 unspecified atom stereocenters. The molecule has 25 heavy (non-hydrogen) atoms. The lowest BCUT2D eigenvalue weighted by Gasteiger charge is -2.28. The number of carbonyl (C=O) groups excluding carboxylic acids is 1. The molecule has 5 nitrogen and oxygen atoms in total. The van der Waals surface area contributed by atoms with Crippen molar-refractivity contribution < 1.29 is 17.9 Å². The van der Waals surface area contributed by atoms with E-state index < -0.39 is 9.84 Å². The molecule has 1 aliphatic carbocycles. The van der Waals surface area contributed by atoms with Crippen molar-refractivity contribution in [1.29, 1.82) is 0 Å². The van der Waals surface area contributed by atoms with E-state index in [0.29, 0.717) is 12.2 Å². The van der Waals surface area contributed by atoms with Gasteiger partial charge in [-0.3, -0.25) is 4.79 Å². The molecule has 1 saturated heterocycles. The average molecular weight is 365 g/mol. The van der Waals surface area contributed by atoms with Crippen LogP contribution in [0.4, 0.5) is 0 Å². The molecule has 0 N–H and O–H groups in total. The van der Waals surface area contributed by atoms with Crippen molar-refractivity contribution in [2.24, 2.45) is 0 Å². The van der Waals surface area contributed by atoms with Crippen molar-refractivity contribution in [3.8, 4) is 5.75 Å².